The van der Waals surface area contributed by atoms with Gasteiger partial charge in [-0.3, -0.25) is 0 Å². The predicted molar refractivity (Wildman–Crippen MR) is 51.0 cm³/mol. The average Bonchev–Trinajstić information content (AvgIpc) is 2.48. The van der Waals surface area contributed by atoms with Gasteiger partial charge in [-0.1, -0.05) is 0 Å². The van der Waals surface area contributed by atoms with Crippen LogP contribution in [-0.2, 0) is 6.42 Å². The summed E-state index contributed by atoms with van der Waals surface area (Å²) in [5, 5.41) is 8.56. The molecule has 0 fully saturated rings. The molecular formula is C9H12N2S. The molecule has 0 amide bonds. The first kappa shape index (κ1) is 9.24. The van der Waals surface area contributed by atoms with Crippen molar-refractivity contribution < 1.29 is 0 Å². The first-order chi connectivity index (χ1) is 5.72. The number of hydrogen-bond acceptors (Lipinski definition) is 3. The quantitative estimate of drug-likeness (QED) is 0.772. The molecule has 0 saturated heterocycles. The second-order valence-corrected chi connectivity index (χ2v) is 4.06. The lowest BCUT2D eigenvalue weighted by Crippen LogP contribution is -2.14. The first-order valence-electron chi connectivity index (χ1n) is 3.97. The number of nitriles is 1. The van der Waals surface area contributed by atoms with Gasteiger partial charge in [0, 0.05) is 10.9 Å². The van der Waals surface area contributed by atoms with Crippen molar-refractivity contribution in [1.82, 2.24) is 0 Å². The fourth-order valence-corrected chi connectivity index (χ4v) is 1.76. The second kappa shape index (κ2) is 4.24. The molecule has 1 atom stereocenters. The van der Waals surface area contributed by atoms with Crippen LogP contribution in [0.15, 0.2) is 12.1 Å². The van der Waals surface area contributed by atoms with E-state index in [1.807, 2.05) is 19.1 Å². The Morgan fingerprint density at radius 2 is 2.42 bits per heavy atom. The predicted octanol–water partition coefficient (Wildman–Crippen LogP) is 1.90. The highest BCUT2D eigenvalue weighted by Gasteiger charge is 2.00. The molecule has 0 bridgehead atoms. The van der Waals surface area contributed by atoms with Gasteiger partial charge in [0.05, 0.1) is 0 Å². The summed E-state index contributed by atoms with van der Waals surface area (Å²) in [5.74, 6) is 0. The molecule has 0 aromatic carbocycles. The molecule has 0 spiro atoms. The van der Waals surface area contributed by atoms with E-state index in [0.29, 0.717) is 0 Å². The smallest absolute Gasteiger partial charge is 0.110 e. The van der Waals surface area contributed by atoms with E-state index in [0.717, 1.165) is 17.7 Å². The monoisotopic (exact) mass is 180 g/mol. The molecule has 0 aliphatic rings. The third-order valence-corrected chi connectivity index (χ3v) is 2.67. The van der Waals surface area contributed by atoms with Crippen LogP contribution in [0.3, 0.4) is 0 Å². The highest BCUT2D eigenvalue weighted by atomic mass is 32.1. The van der Waals surface area contributed by atoms with Crippen molar-refractivity contribution in [2.75, 3.05) is 0 Å². The molecule has 64 valence electrons. The molecule has 3 heteroatoms. The molecule has 2 nitrogen and oxygen atoms in total. The number of nitrogens with zero attached hydrogens (tertiary/aromatic N) is 1. The Balaban J connectivity index is 2.48. The van der Waals surface area contributed by atoms with E-state index in [-0.39, 0.29) is 6.04 Å². The molecule has 12 heavy (non-hydrogen) atoms. The summed E-state index contributed by atoms with van der Waals surface area (Å²) in [4.78, 5) is 2.04. The summed E-state index contributed by atoms with van der Waals surface area (Å²) in [6, 6.07) is 6.24. The van der Waals surface area contributed by atoms with Crippen LogP contribution in [-0.4, -0.2) is 6.04 Å². The molecule has 0 radical (unpaired) electrons. The van der Waals surface area contributed by atoms with Gasteiger partial charge in [0.25, 0.3) is 0 Å². The van der Waals surface area contributed by atoms with Crippen molar-refractivity contribution in [2.24, 2.45) is 5.73 Å². The molecule has 0 saturated carbocycles. The minimum absolute atomic E-state index is 0.248. The van der Waals surface area contributed by atoms with E-state index < -0.39 is 0 Å². The minimum atomic E-state index is 0.248. The SMILES string of the molecule is C[C@@H](N)CCc1ccc(C#N)s1. The lowest BCUT2D eigenvalue weighted by Gasteiger charge is -2.01. The molecule has 1 aromatic heterocycles. The minimum Gasteiger partial charge on any atom is -0.328 e. The highest BCUT2D eigenvalue weighted by molar-refractivity contribution is 7.12. The zero-order chi connectivity index (χ0) is 8.97. The van der Waals surface area contributed by atoms with Crippen molar-refractivity contribution in [1.29, 1.82) is 5.26 Å². The lowest BCUT2D eigenvalue weighted by molar-refractivity contribution is 0.670. The van der Waals surface area contributed by atoms with Gasteiger partial charge in [-0.2, -0.15) is 5.26 Å². The summed E-state index contributed by atoms with van der Waals surface area (Å²) in [6.45, 7) is 2.00. The summed E-state index contributed by atoms with van der Waals surface area (Å²) >= 11 is 1.56. The van der Waals surface area contributed by atoms with Crippen molar-refractivity contribution in [2.45, 2.75) is 25.8 Å². The maximum absolute atomic E-state index is 8.56. The van der Waals surface area contributed by atoms with Crippen LogP contribution in [0, 0.1) is 11.3 Å². The van der Waals surface area contributed by atoms with Gasteiger partial charge in [-0.05, 0) is 31.9 Å². The van der Waals surface area contributed by atoms with E-state index in [9.17, 15) is 0 Å². The standard InChI is InChI=1S/C9H12N2S/c1-7(11)2-3-8-4-5-9(6-10)12-8/h4-5,7H,2-3,11H2,1H3/t7-/m1/s1. The first-order valence-corrected chi connectivity index (χ1v) is 4.78. The maximum Gasteiger partial charge on any atom is 0.110 e. The Morgan fingerprint density at radius 3 is 2.92 bits per heavy atom. The van der Waals surface area contributed by atoms with Crippen molar-refractivity contribution in [3.8, 4) is 6.07 Å². The van der Waals surface area contributed by atoms with E-state index >= 15 is 0 Å². The summed E-state index contributed by atoms with van der Waals surface area (Å²) in [5.41, 5.74) is 5.62. The molecule has 0 unspecified atom stereocenters. The number of thiophene rings is 1. The molecule has 1 aromatic rings. The normalized spacial score (nSPS) is 12.4. The third-order valence-electron chi connectivity index (χ3n) is 1.62. The van der Waals surface area contributed by atoms with Crippen LogP contribution in [0.5, 0.6) is 0 Å². The molecule has 1 rings (SSSR count). The summed E-state index contributed by atoms with van der Waals surface area (Å²) < 4.78 is 0. The molecule has 1 heterocycles. The Labute approximate surface area is 76.6 Å². The number of aryl methyl sites for hydroxylation is 1. The largest absolute Gasteiger partial charge is 0.328 e. The zero-order valence-corrected chi connectivity index (χ0v) is 7.90. The average molecular weight is 180 g/mol. The Kier molecular flexibility index (Phi) is 3.27. The number of rotatable bonds is 3. The fraction of sp³-hybridized carbons (Fsp3) is 0.444. The molecular weight excluding hydrogens is 168 g/mol. The van der Waals surface area contributed by atoms with Crippen LogP contribution in [0.1, 0.15) is 23.1 Å². The summed E-state index contributed by atoms with van der Waals surface area (Å²) in [6.07, 6.45) is 1.98. The van der Waals surface area contributed by atoms with Gasteiger partial charge in [0.1, 0.15) is 10.9 Å². The Morgan fingerprint density at radius 1 is 1.67 bits per heavy atom. The van der Waals surface area contributed by atoms with Gasteiger partial charge >= 0.3 is 0 Å². The van der Waals surface area contributed by atoms with Crippen molar-refractivity contribution in [3.05, 3.63) is 21.9 Å². The van der Waals surface area contributed by atoms with Crippen molar-refractivity contribution in [3.63, 3.8) is 0 Å². The van der Waals surface area contributed by atoms with Gasteiger partial charge in [-0.15, -0.1) is 11.3 Å². The third kappa shape index (κ3) is 2.65. The molecule has 0 aliphatic carbocycles. The highest BCUT2D eigenvalue weighted by Crippen LogP contribution is 2.17. The summed E-state index contributed by atoms with van der Waals surface area (Å²) in [7, 11) is 0. The van der Waals surface area contributed by atoms with E-state index in [1.54, 1.807) is 11.3 Å². The van der Waals surface area contributed by atoms with Gasteiger partial charge < -0.3 is 5.73 Å². The zero-order valence-electron chi connectivity index (χ0n) is 7.08. The fourth-order valence-electron chi connectivity index (χ4n) is 0.942. The maximum atomic E-state index is 8.56. The Hall–Kier alpha value is -0.850. The molecule has 2 N–H and O–H groups in total. The van der Waals surface area contributed by atoms with Gasteiger partial charge in [-0.25, -0.2) is 0 Å². The van der Waals surface area contributed by atoms with Crippen LogP contribution in [0.4, 0.5) is 0 Å². The molecule has 0 aliphatic heterocycles. The Bertz CT molecular complexity index is 283. The van der Waals surface area contributed by atoms with E-state index in [2.05, 4.69) is 6.07 Å². The topological polar surface area (TPSA) is 49.8 Å². The van der Waals surface area contributed by atoms with Crippen LogP contribution >= 0.6 is 11.3 Å². The number of hydrogen-bond donors (Lipinski definition) is 1. The lowest BCUT2D eigenvalue weighted by atomic mass is 10.2. The van der Waals surface area contributed by atoms with Crippen LogP contribution < -0.4 is 5.73 Å². The van der Waals surface area contributed by atoms with Crippen LogP contribution in [0.2, 0.25) is 0 Å². The van der Waals surface area contributed by atoms with E-state index in [1.165, 1.54) is 4.88 Å². The van der Waals surface area contributed by atoms with Gasteiger partial charge in [0.15, 0.2) is 0 Å². The van der Waals surface area contributed by atoms with E-state index in [4.69, 9.17) is 11.0 Å². The van der Waals surface area contributed by atoms with Crippen LogP contribution in [0.25, 0.3) is 0 Å². The van der Waals surface area contributed by atoms with Crippen molar-refractivity contribution >= 4 is 11.3 Å². The number of nitrogens with two attached hydrogens (primary N) is 1. The van der Waals surface area contributed by atoms with Gasteiger partial charge in [0.2, 0.25) is 0 Å². The second-order valence-electron chi connectivity index (χ2n) is 2.89.